The SMILES string of the molecule is CC(=O)c1cccc(NC(=O)CSCCO)c1. The maximum Gasteiger partial charge on any atom is 0.234 e. The van der Waals surface area contributed by atoms with Crippen molar-refractivity contribution in [3.63, 3.8) is 0 Å². The Morgan fingerprint density at radius 1 is 1.41 bits per heavy atom. The van der Waals surface area contributed by atoms with E-state index in [9.17, 15) is 9.59 Å². The summed E-state index contributed by atoms with van der Waals surface area (Å²) in [7, 11) is 0. The summed E-state index contributed by atoms with van der Waals surface area (Å²) in [6, 6.07) is 6.82. The van der Waals surface area contributed by atoms with Crippen molar-refractivity contribution in [1.82, 2.24) is 0 Å². The van der Waals surface area contributed by atoms with E-state index in [0.29, 0.717) is 22.8 Å². The number of aliphatic hydroxyl groups is 1. The van der Waals surface area contributed by atoms with Gasteiger partial charge in [0.15, 0.2) is 5.78 Å². The minimum Gasteiger partial charge on any atom is -0.396 e. The van der Waals surface area contributed by atoms with E-state index in [1.54, 1.807) is 24.3 Å². The lowest BCUT2D eigenvalue weighted by Crippen LogP contribution is -2.15. The molecular weight excluding hydrogens is 238 g/mol. The third-order valence-electron chi connectivity index (χ3n) is 2.02. The van der Waals surface area contributed by atoms with Gasteiger partial charge in [-0.2, -0.15) is 0 Å². The van der Waals surface area contributed by atoms with Gasteiger partial charge in [0.2, 0.25) is 5.91 Å². The standard InChI is InChI=1S/C12H15NO3S/c1-9(15)10-3-2-4-11(7-10)13-12(16)8-17-6-5-14/h2-4,7,14H,5-6,8H2,1H3,(H,13,16). The molecule has 0 aromatic heterocycles. The Hall–Kier alpha value is -1.33. The first kappa shape index (κ1) is 13.7. The summed E-state index contributed by atoms with van der Waals surface area (Å²) < 4.78 is 0. The molecule has 0 aliphatic heterocycles. The van der Waals surface area contributed by atoms with Gasteiger partial charge in [-0.1, -0.05) is 12.1 Å². The number of aliphatic hydroxyl groups excluding tert-OH is 1. The van der Waals surface area contributed by atoms with Crippen molar-refractivity contribution < 1.29 is 14.7 Å². The van der Waals surface area contributed by atoms with Crippen LogP contribution in [-0.4, -0.2) is 34.9 Å². The Labute approximate surface area is 104 Å². The normalized spacial score (nSPS) is 10.0. The average molecular weight is 253 g/mol. The largest absolute Gasteiger partial charge is 0.396 e. The maximum absolute atomic E-state index is 11.5. The highest BCUT2D eigenvalue weighted by atomic mass is 32.2. The van der Waals surface area contributed by atoms with Crippen molar-refractivity contribution in [2.45, 2.75) is 6.92 Å². The second kappa shape index (κ2) is 7.09. The molecule has 0 aliphatic rings. The third-order valence-corrected chi connectivity index (χ3v) is 2.96. The first-order valence-electron chi connectivity index (χ1n) is 5.23. The second-order valence-corrected chi connectivity index (χ2v) is 4.57. The van der Waals surface area contributed by atoms with Gasteiger partial charge >= 0.3 is 0 Å². The van der Waals surface area contributed by atoms with Gasteiger partial charge in [-0.05, 0) is 19.1 Å². The zero-order valence-electron chi connectivity index (χ0n) is 9.60. The number of amides is 1. The molecule has 2 N–H and O–H groups in total. The number of benzene rings is 1. The molecule has 0 saturated heterocycles. The number of ketones is 1. The van der Waals surface area contributed by atoms with E-state index < -0.39 is 0 Å². The number of hydrogen-bond donors (Lipinski definition) is 2. The molecule has 0 spiro atoms. The van der Waals surface area contributed by atoms with Gasteiger partial charge in [-0.15, -0.1) is 11.8 Å². The quantitative estimate of drug-likeness (QED) is 0.596. The average Bonchev–Trinajstić information content (AvgIpc) is 2.29. The molecule has 0 atom stereocenters. The van der Waals surface area contributed by atoms with Gasteiger partial charge in [0.25, 0.3) is 0 Å². The van der Waals surface area contributed by atoms with E-state index in [-0.39, 0.29) is 18.3 Å². The molecule has 0 heterocycles. The molecule has 1 aromatic rings. The Kier molecular flexibility index (Phi) is 5.72. The number of carbonyl (C=O) groups excluding carboxylic acids is 2. The molecule has 0 radical (unpaired) electrons. The monoisotopic (exact) mass is 253 g/mol. The third kappa shape index (κ3) is 5.01. The van der Waals surface area contributed by atoms with Gasteiger partial charge in [-0.3, -0.25) is 9.59 Å². The van der Waals surface area contributed by atoms with Crippen LogP contribution >= 0.6 is 11.8 Å². The van der Waals surface area contributed by atoms with Crippen molar-refractivity contribution in [2.75, 3.05) is 23.4 Å². The molecule has 4 nitrogen and oxygen atoms in total. The zero-order valence-corrected chi connectivity index (χ0v) is 10.4. The van der Waals surface area contributed by atoms with E-state index in [1.807, 2.05) is 0 Å². The first-order valence-corrected chi connectivity index (χ1v) is 6.38. The minimum atomic E-state index is -0.135. The van der Waals surface area contributed by atoms with Crippen molar-refractivity contribution in [3.8, 4) is 0 Å². The van der Waals surface area contributed by atoms with Crippen LogP contribution in [-0.2, 0) is 4.79 Å². The molecule has 0 aliphatic carbocycles. The molecule has 0 fully saturated rings. The van der Waals surface area contributed by atoms with Crippen LogP contribution in [0.5, 0.6) is 0 Å². The summed E-state index contributed by atoms with van der Waals surface area (Å²) in [5.74, 6) is 0.672. The number of thioether (sulfide) groups is 1. The van der Waals surface area contributed by atoms with E-state index in [4.69, 9.17) is 5.11 Å². The molecule has 1 amide bonds. The van der Waals surface area contributed by atoms with Gasteiger partial charge in [0, 0.05) is 17.0 Å². The van der Waals surface area contributed by atoms with Gasteiger partial charge in [-0.25, -0.2) is 0 Å². The van der Waals surface area contributed by atoms with Crippen LogP contribution in [0.25, 0.3) is 0 Å². The summed E-state index contributed by atoms with van der Waals surface area (Å²) in [4.78, 5) is 22.6. The number of nitrogens with one attached hydrogen (secondary N) is 1. The lowest BCUT2D eigenvalue weighted by atomic mass is 10.1. The van der Waals surface area contributed by atoms with Crippen LogP contribution in [0.2, 0.25) is 0 Å². The lowest BCUT2D eigenvalue weighted by Gasteiger charge is -2.05. The lowest BCUT2D eigenvalue weighted by molar-refractivity contribution is -0.113. The van der Waals surface area contributed by atoms with Gasteiger partial charge in [0.05, 0.1) is 12.4 Å². The second-order valence-electron chi connectivity index (χ2n) is 3.46. The molecule has 17 heavy (non-hydrogen) atoms. The summed E-state index contributed by atoms with van der Waals surface area (Å²) in [5, 5.41) is 11.3. The summed E-state index contributed by atoms with van der Waals surface area (Å²) in [5.41, 5.74) is 1.19. The van der Waals surface area contributed by atoms with Crippen molar-refractivity contribution in [1.29, 1.82) is 0 Å². The Bertz CT molecular complexity index is 406. The van der Waals surface area contributed by atoms with Gasteiger partial charge in [0.1, 0.15) is 0 Å². The predicted octanol–water partition coefficient (Wildman–Crippen LogP) is 1.55. The van der Waals surface area contributed by atoms with Crippen molar-refractivity contribution in [2.24, 2.45) is 0 Å². The van der Waals surface area contributed by atoms with E-state index in [1.165, 1.54) is 18.7 Å². The highest BCUT2D eigenvalue weighted by molar-refractivity contribution is 7.99. The first-order chi connectivity index (χ1) is 8.13. The number of hydrogen-bond acceptors (Lipinski definition) is 4. The Morgan fingerprint density at radius 3 is 2.82 bits per heavy atom. The molecule has 5 heteroatoms. The van der Waals surface area contributed by atoms with E-state index in [2.05, 4.69) is 5.32 Å². The van der Waals surface area contributed by atoms with Crippen LogP contribution in [0.3, 0.4) is 0 Å². The molecule has 1 rings (SSSR count). The molecule has 92 valence electrons. The molecular formula is C12H15NO3S. The Balaban J connectivity index is 2.53. The fourth-order valence-corrected chi connectivity index (χ4v) is 1.77. The maximum atomic E-state index is 11.5. The summed E-state index contributed by atoms with van der Waals surface area (Å²) >= 11 is 1.36. The highest BCUT2D eigenvalue weighted by Gasteiger charge is 2.04. The van der Waals surface area contributed by atoms with Crippen LogP contribution in [0.4, 0.5) is 5.69 Å². The van der Waals surface area contributed by atoms with Gasteiger partial charge < -0.3 is 10.4 Å². The van der Waals surface area contributed by atoms with E-state index >= 15 is 0 Å². The molecule has 1 aromatic carbocycles. The van der Waals surface area contributed by atoms with Crippen LogP contribution < -0.4 is 5.32 Å². The minimum absolute atomic E-state index is 0.0317. The molecule has 0 bridgehead atoms. The van der Waals surface area contributed by atoms with E-state index in [0.717, 1.165) is 0 Å². The topological polar surface area (TPSA) is 66.4 Å². The number of Topliss-reactive ketones (excluding diaryl/α,β-unsaturated/α-hetero) is 1. The molecule has 0 unspecified atom stereocenters. The Morgan fingerprint density at radius 2 is 2.18 bits per heavy atom. The predicted molar refractivity (Wildman–Crippen MR) is 69.5 cm³/mol. The van der Waals surface area contributed by atoms with Crippen molar-refractivity contribution >= 4 is 29.1 Å². The highest BCUT2D eigenvalue weighted by Crippen LogP contribution is 2.11. The fourth-order valence-electron chi connectivity index (χ4n) is 1.24. The fraction of sp³-hybridized carbons (Fsp3) is 0.333. The summed E-state index contributed by atoms with van der Waals surface area (Å²) in [6.07, 6.45) is 0. The summed E-state index contributed by atoms with van der Waals surface area (Å²) in [6.45, 7) is 1.55. The van der Waals surface area contributed by atoms with Crippen LogP contribution in [0.1, 0.15) is 17.3 Å². The molecule has 0 saturated carbocycles. The zero-order chi connectivity index (χ0) is 12.7. The van der Waals surface area contributed by atoms with Crippen LogP contribution in [0, 0.1) is 0 Å². The number of rotatable bonds is 6. The number of anilines is 1. The smallest absolute Gasteiger partial charge is 0.234 e. The van der Waals surface area contributed by atoms with Crippen LogP contribution in [0.15, 0.2) is 24.3 Å². The number of carbonyl (C=O) groups is 2. The van der Waals surface area contributed by atoms with Crippen molar-refractivity contribution in [3.05, 3.63) is 29.8 Å².